The smallest absolute Gasteiger partial charge is 0.241 e. The van der Waals surface area contributed by atoms with Gasteiger partial charge in [-0.25, -0.2) is 13.1 Å². The van der Waals surface area contributed by atoms with E-state index in [2.05, 4.69) is 9.71 Å². The van der Waals surface area contributed by atoms with Crippen LogP contribution in [0.4, 0.5) is 0 Å². The van der Waals surface area contributed by atoms with Gasteiger partial charge in [0.1, 0.15) is 0 Å². The third-order valence-corrected chi connectivity index (χ3v) is 5.91. The minimum Gasteiger partial charge on any atom is -0.393 e. The largest absolute Gasteiger partial charge is 0.393 e. The van der Waals surface area contributed by atoms with E-state index in [0.717, 1.165) is 19.3 Å². The lowest BCUT2D eigenvalue weighted by atomic mass is 10.1. The number of nitrogens with one attached hydrogen (secondary N) is 1. The van der Waals surface area contributed by atoms with E-state index in [1.165, 1.54) is 12.1 Å². The van der Waals surface area contributed by atoms with Gasteiger partial charge in [0.25, 0.3) is 0 Å². The van der Waals surface area contributed by atoms with Crippen LogP contribution in [0.5, 0.6) is 0 Å². The molecular formula is C15H17ClN2O3S. The minimum absolute atomic E-state index is 0.0218. The van der Waals surface area contributed by atoms with Crippen LogP contribution in [0.15, 0.2) is 35.4 Å². The molecular weight excluding hydrogens is 324 g/mol. The van der Waals surface area contributed by atoms with Gasteiger partial charge in [-0.15, -0.1) is 0 Å². The third-order valence-electron chi connectivity index (χ3n) is 4.12. The summed E-state index contributed by atoms with van der Waals surface area (Å²) in [6.07, 6.45) is 3.66. The number of rotatable bonds is 4. The van der Waals surface area contributed by atoms with Crippen LogP contribution in [-0.4, -0.2) is 31.2 Å². The van der Waals surface area contributed by atoms with E-state index in [1.807, 2.05) is 0 Å². The van der Waals surface area contributed by atoms with Crippen molar-refractivity contribution in [1.29, 1.82) is 0 Å². The van der Waals surface area contributed by atoms with Gasteiger partial charge in [0, 0.05) is 18.1 Å². The maximum Gasteiger partial charge on any atom is 0.241 e. The Morgan fingerprint density at radius 3 is 2.86 bits per heavy atom. The molecule has 7 heteroatoms. The standard InChI is InChI=1S/C15H17ClN2O3S/c16-12-6-7-14(11-4-2-8-17-15(11)12)22(20,21)18-9-10-3-1-5-13(10)19/h2,4,6-8,10,13,18-19H,1,3,5,9H2/t10-,13-/m0/s1. The topological polar surface area (TPSA) is 79.3 Å². The van der Waals surface area contributed by atoms with E-state index in [9.17, 15) is 13.5 Å². The van der Waals surface area contributed by atoms with Crippen molar-refractivity contribution in [2.45, 2.75) is 30.3 Å². The fourth-order valence-corrected chi connectivity index (χ4v) is 4.40. The first kappa shape index (κ1) is 15.7. The van der Waals surface area contributed by atoms with Crippen LogP contribution in [0.1, 0.15) is 19.3 Å². The zero-order valence-corrected chi connectivity index (χ0v) is 13.4. The van der Waals surface area contributed by atoms with Crippen LogP contribution in [0.25, 0.3) is 10.9 Å². The molecule has 118 valence electrons. The quantitative estimate of drug-likeness (QED) is 0.895. The second-order valence-corrected chi connectivity index (χ2v) is 7.70. The van der Waals surface area contributed by atoms with Gasteiger partial charge in [-0.3, -0.25) is 4.98 Å². The Kier molecular flexibility index (Phi) is 4.36. The number of aliphatic hydroxyl groups excluding tert-OH is 1. The molecule has 3 rings (SSSR count). The summed E-state index contributed by atoms with van der Waals surface area (Å²) in [6, 6.07) is 6.39. The van der Waals surface area contributed by atoms with Crippen molar-refractivity contribution in [2.24, 2.45) is 5.92 Å². The number of fused-ring (bicyclic) bond motifs is 1. The Morgan fingerprint density at radius 2 is 2.14 bits per heavy atom. The lowest BCUT2D eigenvalue weighted by Gasteiger charge is -2.16. The normalized spacial score (nSPS) is 22.3. The van der Waals surface area contributed by atoms with E-state index in [0.29, 0.717) is 15.9 Å². The number of hydrogen-bond donors (Lipinski definition) is 2. The predicted octanol–water partition coefficient (Wildman–Crippen LogP) is 2.33. The van der Waals surface area contributed by atoms with E-state index >= 15 is 0 Å². The summed E-state index contributed by atoms with van der Waals surface area (Å²) in [7, 11) is -3.67. The Hall–Kier alpha value is -1.21. The van der Waals surface area contributed by atoms with Crippen molar-refractivity contribution in [3.63, 3.8) is 0 Å². The van der Waals surface area contributed by atoms with Crippen LogP contribution in [0.2, 0.25) is 5.02 Å². The molecule has 1 saturated carbocycles. The number of halogens is 1. The highest BCUT2D eigenvalue weighted by molar-refractivity contribution is 7.89. The summed E-state index contributed by atoms with van der Waals surface area (Å²) in [6.45, 7) is 0.244. The molecule has 1 aromatic heterocycles. The van der Waals surface area contributed by atoms with Crippen LogP contribution < -0.4 is 4.72 Å². The molecule has 0 spiro atoms. The molecule has 1 fully saturated rings. The van der Waals surface area contributed by atoms with E-state index in [-0.39, 0.29) is 17.4 Å². The molecule has 0 aliphatic heterocycles. The monoisotopic (exact) mass is 340 g/mol. The Morgan fingerprint density at radius 1 is 1.32 bits per heavy atom. The third kappa shape index (κ3) is 2.96. The fraction of sp³-hybridized carbons (Fsp3) is 0.400. The average molecular weight is 341 g/mol. The molecule has 1 aliphatic carbocycles. The maximum atomic E-state index is 12.6. The SMILES string of the molecule is O=S(=O)(NC[C@@H]1CCC[C@@H]1O)c1ccc(Cl)c2ncccc12. The van der Waals surface area contributed by atoms with Crippen molar-refractivity contribution in [1.82, 2.24) is 9.71 Å². The summed E-state index contributed by atoms with van der Waals surface area (Å²) in [4.78, 5) is 4.30. The zero-order chi connectivity index (χ0) is 15.7. The van der Waals surface area contributed by atoms with Crippen molar-refractivity contribution in [2.75, 3.05) is 6.54 Å². The molecule has 1 aliphatic rings. The van der Waals surface area contributed by atoms with Crippen LogP contribution in [-0.2, 0) is 10.0 Å². The second kappa shape index (κ2) is 6.12. The second-order valence-electron chi connectivity index (χ2n) is 5.56. The van der Waals surface area contributed by atoms with Crippen molar-refractivity contribution in [3.05, 3.63) is 35.5 Å². The van der Waals surface area contributed by atoms with Crippen LogP contribution in [0, 0.1) is 5.92 Å². The molecule has 0 unspecified atom stereocenters. The molecule has 1 aromatic carbocycles. The molecule has 0 radical (unpaired) electrons. The number of sulfonamides is 1. The van der Waals surface area contributed by atoms with Crippen molar-refractivity contribution >= 4 is 32.5 Å². The summed E-state index contributed by atoms with van der Waals surface area (Å²) < 4.78 is 27.7. The minimum atomic E-state index is -3.67. The number of nitrogens with zero attached hydrogens (tertiary/aromatic N) is 1. The molecule has 1 heterocycles. The molecule has 0 saturated heterocycles. The van der Waals surface area contributed by atoms with Gasteiger partial charge >= 0.3 is 0 Å². The van der Waals surface area contributed by atoms with Gasteiger partial charge in [0.15, 0.2) is 0 Å². The Bertz CT molecular complexity index is 794. The Balaban J connectivity index is 1.91. The lowest BCUT2D eigenvalue weighted by Crippen LogP contribution is -2.32. The predicted molar refractivity (Wildman–Crippen MR) is 85.3 cm³/mol. The van der Waals surface area contributed by atoms with Crippen LogP contribution >= 0.6 is 11.6 Å². The Labute approximate surface area is 134 Å². The summed E-state index contributed by atoms with van der Waals surface area (Å²) in [5.74, 6) is -0.0218. The first-order valence-electron chi connectivity index (χ1n) is 7.20. The highest BCUT2D eigenvalue weighted by Gasteiger charge is 2.27. The summed E-state index contributed by atoms with van der Waals surface area (Å²) in [5, 5.41) is 10.7. The number of pyridine rings is 1. The number of benzene rings is 1. The first-order chi connectivity index (χ1) is 10.5. The lowest BCUT2D eigenvalue weighted by molar-refractivity contribution is 0.134. The van der Waals surface area contributed by atoms with Gasteiger partial charge in [-0.05, 0) is 43.0 Å². The number of aliphatic hydroxyl groups is 1. The number of aromatic nitrogens is 1. The molecule has 0 bridgehead atoms. The van der Waals surface area contributed by atoms with Crippen molar-refractivity contribution < 1.29 is 13.5 Å². The average Bonchev–Trinajstić information content (AvgIpc) is 2.91. The molecule has 5 nitrogen and oxygen atoms in total. The first-order valence-corrected chi connectivity index (χ1v) is 9.06. The molecule has 0 amide bonds. The molecule has 2 aromatic rings. The molecule has 2 N–H and O–H groups in total. The van der Waals surface area contributed by atoms with E-state index in [4.69, 9.17) is 11.6 Å². The maximum absolute atomic E-state index is 12.6. The van der Waals surface area contributed by atoms with Gasteiger partial charge in [-0.2, -0.15) is 0 Å². The van der Waals surface area contributed by atoms with Gasteiger partial charge in [0.05, 0.1) is 21.5 Å². The van der Waals surface area contributed by atoms with Crippen molar-refractivity contribution in [3.8, 4) is 0 Å². The fourth-order valence-electron chi connectivity index (χ4n) is 2.90. The van der Waals surface area contributed by atoms with E-state index < -0.39 is 16.1 Å². The van der Waals surface area contributed by atoms with Gasteiger partial charge < -0.3 is 5.11 Å². The zero-order valence-electron chi connectivity index (χ0n) is 11.9. The van der Waals surface area contributed by atoms with E-state index in [1.54, 1.807) is 18.3 Å². The highest BCUT2D eigenvalue weighted by atomic mass is 35.5. The number of hydrogen-bond acceptors (Lipinski definition) is 4. The summed E-state index contributed by atoms with van der Waals surface area (Å²) in [5.41, 5.74) is 0.466. The molecule has 2 atom stereocenters. The van der Waals surface area contributed by atoms with Gasteiger partial charge in [0.2, 0.25) is 10.0 Å². The van der Waals surface area contributed by atoms with Gasteiger partial charge in [-0.1, -0.05) is 18.0 Å². The molecule has 22 heavy (non-hydrogen) atoms. The highest BCUT2D eigenvalue weighted by Crippen LogP contribution is 2.28. The summed E-state index contributed by atoms with van der Waals surface area (Å²) >= 11 is 6.07. The van der Waals surface area contributed by atoms with Crippen LogP contribution in [0.3, 0.4) is 0 Å².